The predicted octanol–water partition coefficient (Wildman–Crippen LogP) is 2.24. The summed E-state index contributed by atoms with van der Waals surface area (Å²) in [5.41, 5.74) is 1.99. The normalized spacial score (nSPS) is 12.0. The Hall–Kier alpha value is -2.73. The van der Waals surface area contributed by atoms with Gasteiger partial charge >= 0.3 is 0 Å². The largest absolute Gasteiger partial charge is 0.374 e. The van der Waals surface area contributed by atoms with Crippen LogP contribution in [0, 0.1) is 0 Å². The standard InChI is InChI=1S/C16H18N6/c1-17-11-14(19-13-5-3-2-4-6-13)16-20-15(21-22-16)12-7-9-18-10-8-12/h2-10,14,17,19H,11H2,1H3,(H,20,21,22). The molecule has 0 amide bonds. The first-order valence-electron chi connectivity index (χ1n) is 7.15. The minimum absolute atomic E-state index is 0.00971. The van der Waals surface area contributed by atoms with Gasteiger partial charge in [0.1, 0.15) is 5.82 Å². The van der Waals surface area contributed by atoms with E-state index in [1.165, 1.54) is 0 Å². The average Bonchev–Trinajstić information content (AvgIpc) is 3.06. The number of nitrogens with one attached hydrogen (secondary N) is 3. The van der Waals surface area contributed by atoms with Gasteiger partial charge in [-0.2, -0.15) is 5.10 Å². The van der Waals surface area contributed by atoms with Gasteiger partial charge in [0.15, 0.2) is 5.82 Å². The maximum absolute atomic E-state index is 4.60. The zero-order chi connectivity index (χ0) is 15.2. The van der Waals surface area contributed by atoms with Crippen molar-refractivity contribution < 1.29 is 0 Å². The molecule has 0 bridgehead atoms. The number of nitrogens with zero attached hydrogens (tertiary/aromatic N) is 3. The summed E-state index contributed by atoms with van der Waals surface area (Å²) in [5, 5.41) is 14.0. The highest BCUT2D eigenvalue weighted by molar-refractivity contribution is 5.53. The van der Waals surface area contributed by atoms with Gasteiger partial charge in [0.25, 0.3) is 0 Å². The highest BCUT2D eigenvalue weighted by Crippen LogP contribution is 2.19. The second-order valence-corrected chi connectivity index (χ2v) is 4.90. The molecule has 112 valence electrons. The fraction of sp³-hybridized carbons (Fsp3) is 0.188. The Labute approximate surface area is 129 Å². The maximum Gasteiger partial charge on any atom is 0.181 e. The summed E-state index contributed by atoms with van der Waals surface area (Å²) in [6, 6.07) is 13.9. The third-order valence-electron chi connectivity index (χ3n) is 3.29. The molecule has 3 aromatic rings. The van der Waals surface area contributed by atoms with Gasteiger partial charge < -0.3 is 10.6 Å². The van der Waals surface area contributed by atoms with Crippen LogP contribution in [0.4, 0.5) is 5.69 Å². The quantitative estimate of drug-likeness (QED) is 0.650. The van der Waals surface area contributed by atoms with E-state index in [2.05, 4.69) is 30.8 Å². The average molecular weight is 294 g/mol. The number of benzene rings is 1. The van der Waals surface area contributed by atoms with E-state index in [0.717, 1.165) is 23.6 Å². The summed E-state index contributed by atoms with van der Waals surface area (Å²) < 4.78 is 0. The van der Waals surface area contributed by atoms with Crippen LogP contribution in [-0.2, 0) is 0 Å². The van der Waals surface area contributed by atoms with Crippen molar-refractivity contribution >= 4 is 5.69 Å². The molecule has 6 nitrogen and oxygen atoms in total. The van der Waals surface area contributed by atoms with Crippen LogP contribution in [0.2, 0.25) is 0 Å². The molecule has 0 aliphatic heterocycles. The molecule has 1 unspecified atom stereocenters. The monoisotopic (exact) mass is 294 g/mol. The third kappa shape index (κ3) is 3.29. The van der Waals surface area contributed by atoms with E-state index >= 15 is 0 Å². The molecule has 0 saturated heterocycles. The first kappa shape index (κ1) is 14.2. The Morgan fingerprint density at radius 3 is 2.59 bits per heavy atom. The Morgan fingerprint density at radius 1 is 1.09 bits per heavy atom. The van der Waals surface area contributed by atoms with E-state index < -0.39 is 0 Å². The third-order valence-corrected chi connectivity index (χ3v) is 3.29. The van der Waals surface area contributed by atoms with Crippen molar-refractivity contribution in [2.45, 2.75) is 6.04 Å². The summed E-state index contributed by atoms with van der Waals surface area (Å²) in [6.07, 6.45) is 3.47. The van der Waals surface area contributed by atoms with Crippen molar-refractivity contribution in [1.29, 1.82) is 0 Å². The number of pyridine rings is 1. The number of hydrogen-bond acceptors (Lipinski definition) is 5. The van der Waals surface area contributed by atoms with Gasteiger partial charge in [-0.25, -0.2) is 4.98 Å². The van der Waals surface area contributed by atoms with Gasteiger partial charge in [0.05, 0.1) is 6.04 Å². The predicted molar refractivity (Wildman–Crippen MR) is 86.3 cm³/mol. The lowest BCUT2D eigenvalue weighted by molar-refractivity contribution is 0.655. The summed E-state index contributed by atoms with van der Waals surface area (Å²) in [5.74, 6) is 1.47. The van der Waals surface area contributed by atoms with Crippen molar-refractivity contribution in [3.63, 3.8) is 0 Å². The van der Waals surface area contributed by atoms with Crippen LogP contribution in [0.3, 0.4) is 0 Å². The summed E-state index contributed by atoms with van der Waals surface area (Å²) in [7, 11) is 1.92. The molecule has 0 saturated carbocycles. The van der Waals surface area contributed by atoms with Crippen molar-refractivity contribution in [3.05, 3.63) is 60.7 Å². The van der Waals surface area contributed by atoms with E-state index in [9.17, 15) is 0 Å². The zero-order valence-corrected chi connectivity index (χ0v) is 12.3. The molecule has 6 heteroatoms. The van der Waals surface area contributed by atoms with Gasteiger partial charge in [-0.3, -0.25) is 10.1 Å². The number of hydrogen-bond donors (Lipinski definition) is 3. The van der Waals surface area contributed by atoms with E-state index in [1.807, 2.05) is 49.5 Å². The number of para-hydroxylation sites is 1. The summed E-state index contributed by atoms with van der Waals surface area (Å²) >= 11 is 0. The molecule has 1 atom stereocenters. The van der Waals surface area contributed by atoms with Crippen molar-refractivity contribution in [2.24, 2.45) is 0 Å². The lowest BCUT2D eigenvalue weighted by atomic mass is 10.2. The SMILES string of the molecule is CNCC(Nc1ccccc1)c1nc(-c2ccncc2)n[nH]1. The zero-order valence-electron chi connectivity index (χ0n) is 12.3. The number of H-pyrrole nitrogens is 1. The number of aromatic amines is 1. The molecule has 3 rings (SSSR count). The van der Waals surface area contributed by atoms with Crippen molar-refractivity contribution in [1.82, 2.24) is 25.5 Å². The maximum atomic E-state index is 4.60. The van der Waals surface area contributed by atoms with Crippen LogP contribution >= 0.6 is 0 Å². The topological polar surface area (TPSA) is 78.5 Å². The van der Waals surface area contributed by atoms with Gasteiger partial charge in [0.2, 0.25) is 0 Å². The summed E-state index contributed by atoms with van der Waals surface area (Å²) in [4.78, 5) is 8.61. The molecule has 0 aliphatic carbocycles. The molecule has 0 fully saturated rings. The van der Waals surface area contributed by atoms with Crippen LogP contribution in [-0.4, -0.2) is 33.8 Å². The second-order valence-electron chi connectivity index (χ2n) is 4.90. The molecule has 22 heavy (non-hydrogen) atoms. The molecule has 1 aromatic carbocycles. The molecular weight excluding hydrogens is 276 g/mol. The lowest BCUT2D eigenvalue weighted by Gasteiger charge is -2.17. The molecule has 2 aromatic heterocycles. The minimum Gasteiger partial charge on any atom is -0.374 e. The molecule has 2 heterocycles. The first-order chi connectivity index (χ1) is 10.9. The number of anilines is 1. The smallest absolute Gasteiger partial charge is 0.181 e. The lowest BCUT2D eigenvalue weighted by Crippen LogP contribution is -2.24. The van der Waals surface area contributed by atoms with E-state index in [1.54, 1.807) is 12.4 Å². The molecule has 0 aliphatic rings. The Balaban J connectivity index is 1.82. The Morgan fingerprint density at radius 2 is 1.86 bits per heavy atom. The Kier molecular flexibility index (Phi) is 4.41. The van der Waals surface area contributed by atoms with E-state index in [4.69, 9.17) is 0 Å². The molecule has 0 radical (unpaired) electrons. The number of rotatable bonds is 6. The molecular formula is C16H18N6. The van der Waals surface area contributed by atoms with E-state index in [-0.39, 0.29) is 6.04 Å². The highest BCUT2D eigenvalue weighted by atomic mass is 15.2. The van der Waals surface area contributed by atoms with E-state index in [0.29, 0.717) is 5.82 Å². The summed E-state index contributed by atoms with van der Waals surface area (Å²) in [6.45, 7) is 0.736. The van der Waals surface area contributed by atoms with Crippen LogP contribution in [0.5, 0.6) is 0 Å². The first-order valence-corrected chi connectivity index (χ1v) is 7.15. The fourth-order valence-corrected chi connectivity index (χ4v) is 2.22. The minimum atomic E-state index is 0.00971. The van der Waals surface area contributed by atoms with Crippen LogP contribution in [0.25, 0.3) is 11.4 Å². The van der Waals surface area contributed by atoms with Crippen molar-refractivity contribution in [2.75, 3.05) is 18.9 Å². The van der Waals surface area contributed by atoms with Gasteiger partial charge in [-0.05, 0) is 31.3 Å². The number of likely N-dealkylation sites (N-methyl/N-ethyl adjacent to an activating group) is 1. The van der Waals surface area contributed by atoms with Gasteiger partial charge in [-0.1, -0.05) is 18.2 Å². The number of aromatic nitrogens is 4. The van der Waals surface area contributed by atoms with Crippen LogP contribution in [0.1, 0.15) is 11.9 Å². The molecule has 3 N–H and O–H groups in total. The molecule has 0 spiro atoms. The van der Waals surface area contributed by atoms with Crippen LogP contribution < -0.4 is 10.6 Å². The highest BCUT2D eigenvalue weighted by Gasteiger charge is 2.16. The second kappa shape index (κ2) is 6.82. The van der Waals surface area contributed by atoms with Gasteiger partial charge in [-0.15, -0.1) is 0 Å². The van der Waals surface area contributed by atoms with Crippen LogP contribution in [0.15, 0.2) is 54.9 Å². The fourth-order valence-electron chi connectivity index (χ4n) is 2.22. The van der Waals surface area contributed by atoms with Gasteiger partial charge in [0, 0.05) is 30.2 Å². The van der Waals surface area contributed by atoms with Crippen molar-refractivity contribution in [3.8, 4) is 11.4 Å². The Bertz CT molecular complexity index is 695.